The van der Waals surface area contributed by atoms with Gasteiger partial charge in [-0.15, -0.1) is 0 Å². The van der Waals surface area contributed by atoms with Gasteiger partial charge in [0.1, 0.15) is 0 Å². The average molecular weight is 357 g/mol. The van der Waals surface area contributed by atoms with E-state index in [0.717, 1.165) is 0 Å². The number of rotatable bonds is 5. The van der Waals surface area contributed by atoms with Crippen LogP contribution in [0.5, 0.6) is 5.75 Å². The Labute approximate surface area is 139 Å². The van der Waals surface area contributed by atoms with E-state index in [2.05, 4.69) is 14.8 Å². The molecular formula is C16H11F4NO4. The minimum atomic E-state index is -1.74. The number of esters is 1. The zero-order valence-corrected chi connectivity index (χ0v) is 12.7. The molecular weight excluding hydrogens is 346 g/mol. The molecule has 0 unspecified atom stereocenters. The molecule has 0 aromatic heterocycles. The van der Waals surface area contributed by atoms with E-state index in [0.29, 0.717) is 0 Å². The Bertz CT molecular complexity index is 783. The van der Waals surface area contributed by atoms with Crippen LogP contribution in [0.4, 0.5) is 23.2 Å². The first kappa shape index (κ1) is 18.2. The number of anilines is 1. The predicted octanol–water partition coefficient (Wildman–Crippen LogP) is 3.05. The highest BCUT2D eigenvalue weighted by Gasteiger charge is 2.21. The molecule has 0 bridgehead atoms. The standard InChI is InChI=1S/C16H11F4NO4/c1-24-16(23)8-2-4-9(5-3-8)21-12(22)7-25-15-13(19)10(17)6-11(18)14(15)20/h2-6H,7H2,1H3,(H,21,22). The lowest BCUT2D eigenvalue weighted by Gasteiger charge is -2.10. The number of ether oxygens (including phenoxy) is 2. The summed E-state index contributed by atoms with van der Waals surface area (Å²) in [6.45, 7) is -0.893. The fourth-order valence-electron chi connectivity index (χ4n) is 1.82. The number of hydrogen-bond donors (Lipinski definition) is 1. The molecule has 9 heteroatoms. The van der Waals surface area contributed by atoms with E-state index < -0.39 is 47.5 Å². The van der Waals surface area contributed by atoms with Crippen molar-refractivity contribution in [3.05, 3.63) is 59.2 Å². The minimum Gasteiger partial charge on any atom is -0.477 e. The molecule has 2 rings (SSSR count). The van der Waals surface area contributed by atoms with Gasteiger partial charge >= 0.3 is 5.97 Å². The molecule has 1 N–H and O–H groups in total. The minimum absolute atomic E-state index is 0.0282. The molecule has 0 saturated heterocycles. The summed E-state index contributed by atoms with van der Waals surface area (Å²) in [6, 6.07) is 5.55. The Morgan fingerprint density at radius 1 is 1.00 bits per heavy atom. The zero-order valence-electron chi connectivity index (χ0n) is 12.7. The fourth-order valence-corrected chi connectivity index (χ4v) is 1.82. The topological polar surface area (TPSA) is 64.6 Å². The maximum absolute atomic E-state index is 13.4. The van der Waals surface area contributed by atoms with Crippen molar-refractivity contribution >= 4 is 17.6 Å². The van der Waals surface area contributed by atoms with Gasteiger partial charge in [0.2, 0.25) is 11.6 Å². The van der Waals surface area contributed by atoms with Gasteiger partial charge in [0.25, 0.3) is 5.91 Å². The first-order chi connectivity index (χ1) is 11.8. The fraction of sp³-hybridized carbons (Fsp3) is 0.125. The lowest BCUT2D eigenvalue weighted by atomic mass is 10.2. The maximum Gasteiger partial charge on any atom is 0.337 e. The number of carbonyl (C=O) groups is 2. The Morgan fingerprint density at radius 2 is 1.56 bits per heavy atom. The highest BCUT2D eigenvalue weighted by molar-refractivity contribution is 5.93. The largest absolute Gasteiger partial charge is 0.477 e. The molecule has 5 nitrogen and oxygen atoms in total. The number of hydrogen-bond acceptors (Lipinski definition) is 4. The molecule has 1 amide bonds. The smallest absolute Gasteiger partial charge is 0.337 e. The van der Waals surface area contributed by atoms with E-state index >= 15 is 0 Å². The van der Waals surface area contributed by atoms with E-state index in [4.69, 9.17) is 0 Å². The first-order valence-corrected chi connectivity index (χ1v) is 6.77. The third-order valence-corrected chi connectivity index (χ3v) is 3.01. The third kappa shape index (κ3) is 4.25. The van der Waals surface area contributed by atoms with Gasteiger partial charge in [-0.3, -0.25) is 4.79 Å². The average Bonchev–Trinajstić information content (AvgIpc) is 2.60. The van der Waals surface area contributed by atoms with Crippen molar-refractivity contribution in [2.75, 3.05) is 19.0 Å². The number of amides is 1. The van der Waals surface area contributed by atoms with E-state index in [1.165, 1.54) is 31.4 Å². The van der Waals surface area contributed by atoms with Gasteiger partial charge in [0, 0.05) is 11.8 Å². The van der Waals surface area contributed by atoms with E-state index in [-0.39, 0.29) is 17.3 Å². The van der Waals surface area contributed by atoms with Crippen molar-refractivity contribution in [2.24, 2.45) is 0 Å². The van der Waals surface area contributed by atoms with E-state index in [1.54, 1.807) is 0 Å². The summed E-state index contributed by atoms with van der Waals surface area (Å²) in [5.41, 5.74) is 0.503. The van der Waals surface area contributed by atoms with E-state index in [1.807, 2.05) is 0 Å². The van der Waals surface area contributed by atoms with Gasteiger partial charge in [0.15, 0.2) is 24.0 Å². The number of halogens is 4. The molecule has 0 radical (unpaired) electrons. The molecule has 0 fully saturated rings. The number of nitrogens with one attached hydrogen (secondary N) is 1. The van der Waals surface area contributed by atoms with Crippen LogP contribution in [0.1, 0.15) is 10.4 Å². The molecule has 0 aliphatic heterocycles. The van der Waals surface area contributed by atoms with Crippen LogP contribution in [0.15, 0.2) is 30.3 Å². The lowest BCUT2D eigenvalue weighted by Crippen LogP contribution is -2.21. The molecule has 0 spiro atoms. The van der Waals surface area contributed by atoms with Gasteiger partial charge in [-0.2, -0.15) is 8.78 Å². The normalized spacial score (nSPS) is 10.3. The van der Waals surface area contributed by atoms with Gasteiger partial charge in [-0.25, -0.2) is 13.6 Å². The molecule has 0 aliphatic carbocycles. The summed E-state index contributed by atoms with van der Waals surface area (Å²) in [6.07, 6.45) is 0. The van der Waals surface area contributed by atoms with Gasteiger partial charge in [-0.1, -0.05) is 0 Å². The molecule has 0 saturated carbocycles. The summed E-state index contributed by atoms with van der Waals surface area (Å²) in [7, 11) is 1.21. The van der Waals surface area contributed by atoms with Crippen LogP contribution >= 0.6 is 0 Å². The van der Waals surface area contributed by atoms with Crippen LogP contribution in [0.3, 0.4) is 0 Å². The Balaban J connectivity index is 2.01. The molecule has 132 valence electrons. The molecule has 0 atom stereocenters. The second-order valence-corrected chi connectivity index (χ2v) is 4.70. The molecule has 2 aromatic carbocycles. The van der Waals surface area contributed by atoms with Gasteiger partial charge in [-0.05, 0) is 24.3 Å². The predicted molar refractivity (Wildman–Crippen MR) is 78.2 cm³/mol. The molecule has 2 aromatic rings. The molecule has 0 heterocycles. The van der Waals surface area contributed by atoms with Gasteiger partial charge < -0.3 is 14.8 Å². The number of carbonyl (C=O) groups excluding carboxylic acids is 2. The lowest BCUT2D eigenvalue weighted by molar-refractivity contribution is -0.118. The summed E-state index contributed by atoms with van der Waals surface area (Å²) in [4.78, 5) is 23.0. The van der Waals surface area contributed by atoms with Crippen LogP contribution in [0, 0.1) is 23.3 Å². The van der Waals surface area contributed by atoms with Crippen LogP contribution in [0.25, 0.3) is 0 Å². The molecule has 25 heavy (non-hydrogen) atoms. The first-order valence-electron chi connectivity index (χ1n) is 6.77. The van der Waals surface area contributed by atoms with Crippen molar-refractivity contribution in [3.8, 4) is 5.75 Å². The summed E-state index contributed by atoms with van der Waals surface area (Å²) in [5, 5.41) is 2.32. The monoisotopic (exact) mass is 357 g/mol. The summed E-state index contributed by atoms with van der Waals surface area (Å²) < 4.78 is 61.9. The quantitative estimate of drug-likeness (QED) is 0.508. The van der Waals surface area contributed by atoms with E-state index in [9.17, 15) is 27.2 Å². The SMILES string of the molecule is COC(=O)c1ccc(NC(=O)COc2c(F)c(F)cc(F)c2F)cc1. The highest BCUT2D eigenvalue weighted by atomic mass is 19.2. The van der Waals surface area contributed by atoms with Crippen LogP contribution in [-0.4, -0.2) is 25.6 Å². The Kier molecular flexibility index (Phi) is 5.58. The zero-order chi connectivity index (χ0) is 18.6. The van der Waals surface area contributed by atoms with Crippen molar-refractivity contribution < 1.29 is 36.6 Å². The van der Waals surface area contributed by atoms with Crippen molar-refractivity contribution in [3.63, 3.8) is 0 Å². The summed E-state index contributed by atoms with van der Waals surface area (Å²) >= 11 is 0. The maximum atomic E-state index is 13.4. The molecule has 0 aliphatic rings. The second kappa shape index (κ2) is 7.65. The van der Waals surface area contributed by atoms with Crippen molar-refractivity contribution in [2.45, 2.75) is 0 Å². The number of methoxy groups -OCH3 is 1. The number of benzene rings is 2. The van der Waals surface area contributed by atoms with Crippen molar-refractivity contribution in [1.82, 2.24) is 0 Å². The Morgan fingerprint density at radius 3 is 2.08 bits per heavy atom. The second-order valence-electron chi connectivity index (χ2n) is 4.70. The van der Waals surface area contributed by atoms with Crippen LogP contribution in [0.2, 0.25) is 0 Å². The van der Waals surface area contributed by atoms with Crippen LogP contribution in [-0.2, 0) is 9.53 Å². The van der Waals surface area contributed by atoms with Crippen molar-refractivity contribution in [1.29, 1.82) is 0 Å². The highest BCUT2D eigenvalue weighted by Crippen LogP contribution is 2.26. The van der Waals surface area contributed by atoms with Crippen LogP contribution < -0.4 is 10.1 Å². The summed E-state index contributed by atoms with van der Waals surface area (Å²) in [5.74, 6) is -9.51. The Hall–Kier alpha value is -3.10. The van der Waals surface area contributed by atoms with Gasteiger partial charge in [0.05, 0.1) is 12.7 Å². The third-order valence-electron chi connectivity index (χ3n) is 3.01.